The van der Waals surface area contributed by atoms with Gasteiger partial charge in [0, 0.05) is 30.9 Å². The van der Waals surface area contributed by atoms with Gasteiger partial charge >= 0.3 is 0 Å². The number of aromatic nitrogens is 1. The van der Waals surface area contributed by atoms with Crippen molar-refractivity contribution in [3.8, 4) is 0 Å². The Balaban J connectivity index is 1.24. The van der Waals surface area contributed by atoms with Crippen molar-refractivity contribution < 1.29 is 14.0 Å². The number of carbonyl (C=O) groups is 2. The second kappa shape index (κ2) is 9.26. The highest BCUT2D eigenvalue weighted by Gasteiger charge is 2.25. The average Bonchev–Trinajstić information content (AvgIpc) is 3.38. The number of piperidine rings is 1. The molecule has 30 heavy (non-hydrogen) atoms. The molecule has 156 valence electrons. The van der Waals surface area contributed by atoms with Gasteiger partial charge in [0.25, 0.3) is 5.91 Å². The Morgan fingerprint density at radius 2 is 1.93 bits per heavy atom. The number of thiazole rings is 1. The monoisotopic (exact) mass is 423 g/mol. The molecule has 6 nitrogen and oxygen atoms in total. The number of rotatable bonds is 6. The van der Waals surface area contributed by atoms with Crippen molar-refractivity contribution in [1.82, 2.24) is 15.2 Å². The molecule has 0 spiro atoms. The van der Waals surface area contributed by atoms with Gasteiger partial charge in [0.2, 0.25) is 5.91 Å². The van der Waals surface area contributed by atoms with E-state index in [1.165, 1.54) is 5.56 Å². The number of likely N-dealkylation sites (tertiary alicyclic amines) is 1. The van der Waals surface area contributed by atoms with Crippen LogP contribution in [0.4, 0.5) is 0 Å². The third-order valence-corrected chi connectivity index (χ3v) is 6.17. The second-order valence-electron chi connectivity index (χ2n) is 7.61. The van der Waals surface area contributed by atoms with E-state index < -0.39 is 0 Å². The number of amides is 2. The molecule has 1 aliphatic heterocycles. The first-order valence-corrected chi connectivity index (χ1v) is 11.1. The zero-order valence-corrected chi connectivity index (χ0v) is 17.8. The van der Waals surface area contributed by atoms with E-state index in [9.17, 15) is 9.59 Å². The molecule has 0 unspecified atom stereocenters. The van der Waals surface area contributed by atoms with Crippen LogP contribution < -0.4 is 5.32 Å². The lowest BCUT2D eigenvalue weighted by Crippen LogP contribution is -2.46. The zero-order valence-electron chi connectivity index (χ0n) is 17.0. The molecule has 1 fully saturated rings. The van der Waals surface area contributed by atoms with Crippen LogP contribution in [0.25, 0.3) is 0 Å². The maximum atomic E-state index is 12.7. The number of nitrogens with zero attached hydrogens (tertiary/aromatic N) is 2. The molecule has 3 aromatic rings. The van der Waals surface area contributed by atoms with E-state index in [4.69, 9.17) is 4.42 Å². The lowest BCUT2D eigenvalue weighted by molar-refractivity contribution is -0.131. The predicted octanol–water partition coefficient (Wildman–Crippen LogP) is 3.60. The van der Waals surface area contributed by atoms with Gasteiger partial charge in [-0.2, -0.15) is 0 Å². The molecule has 1 N–H and O–H groups in total. The third kappa shape index (κ3) is 5.16. The maximum Gasteiger partial charge on any atom is 0.287 e. The van der Waals surface area contributed by atoms with E-state index in [0.717, 1.165) is 35.7 Å². The number of carbonyl (C=O) groups excluding carboxylic acids is 2. The molecule has 1 aliphatic rings. The summed E-state index contributed by atoms with van der Waals surface area (Å²) in [5, 5.41) is 6.01. The molecule has 0 atom stereocenters. The molecule has 3 heterocycles. The van der Waals surface area contributed by atoms with E-state index >= 15 is 0 Å². The fourth-order valence-electron chi connectivity index (χ4n) is 3.63. The summed E-state index contributed by atoms with van der Waals surface area (Å²) in [6, 6.07) is 13.7. The van der Waals surface area contributed by atoms with Crippen LogP contribution in [0.5, 0.6) is 0 Å². The first-order valence-electron chi connectivity index (χ1n) is 10.2. The Morgan fingerprint density at radius 1 is 1.17 bits per heavy atom. The number of hydrogen-bond acceptors (Lipinski definition) is 5. The topological polar surface area (TPSA) is 75.4 Å². The van der Waals surface area contributed by atoms with Crippen molar-refractivity contribution in [3.05, 3.63) is 75.6 Å². The summed E-state index contributed by atoms with van der Waals surface area (Å²) in [7, 11) is 0. The molecular formula is C23H25N3O3S. The van der Waals surface area contributed by atoms with Gasteiger partial charge in [-0.3, -0.25) is 9.59 Å². The minimum atomic E-state index is -0.193. The molecule has 2 aromatic heterocycles. The fourth-order valence-corrected chi connectivity index (χ4v) is 4.46. The van der Waals surface area contributed by atoms with Crippen molar-refractivity contribution >= 4 is 23.2 Å². The van der Waals surface area contributed by atoms with Gasteiger partial charge in [-0.1, -0.05) is 30.3 Å². The van der Waals surface area contributed by atoms with Crippen molar-refractivity contribution in [1.29, 1.82) is 0 Å². The number of furan rings is 1. The Morgan fingerprint density at radius 3 is 2.63 bits per heavy atom. The summed E-state index contributed by atoms with van der Waals surface area (Å²) in [6.07, 6.45) is 2.61. The van der Waals surface area contributed by atoms with Crippen molar-refractivity contribution in [3.63, 3.8) is 0 Å². The Bertz CT molecular complexity index is 1000. The second-order valence-corrected chi connectivity index (χ2v) is 8.55. The van der Waals surface area contributed by atoms with Gasteiger partial charge < -0.3 is 14.6 Å². The van der Waals surface area contributed by atoms with Crippen LogP contribution in [-0.4, -0.2) is 40.8 Å². The van der Waals surface area contributed by atoms with E-state index in [2.05, 4.69) is 22.4 Å². The van der Waals surface area contributed by atoms with Gasteiger partial charge in [-0.15, -0.1) is 11.3 Å². The third-order valence-electron chi connectivity index (χ3n) is 5.28. The fraction of sp³-hybridized carbons (Fsp3) is 0.348. The quantitative estimate of drug-likeness (QED) is 0.657. The summed E-state index contributed by atoms with van der Waals surface area (Å²) < 4.78 is 5.37. The van der Waals surface area contributed by atoms with Gasteiger partial charge in [0.1, 0.15) is 5.76 Å². The van der Waals surface area contributed by atoms with Crippen LogP contribution in [0, 0.1) is 6.92 Å². The zero-order chi connectivity index (χ0) is 20.9. The van der Waals surface area contributed by atoms with Gasteiger partial charge in [-0.25, -0.2) is 4.98 Å². The molecular weight excluding hydrogens is 398 g/mol. The Kier molecular flexibility index (Phi) is 6.28. The van der Waals surface area contributed by atoms with Crippen LogP contribution in [-0.2, 0) is 17.6 Å². The number of benzene rings is 1. The highest BCUT2D eigenvalue weighted by molar-refractivity contribution is 7.09. The Hall–Kier alpha value is -2.93. The first-order chi connectivity index (χ1) is 14.6. The van der Waals surface area contributed by atoms with Crippen LogP contribution in [0.3, 0.4) is 0 Å². The van der Waals surface area contributed by atoms with Crippen molar-refractivity contribution in [2.45, 2.75) is 38.6 Å². The molecule has 4 rings (SSSR count). The summed E-state index contributed by atoms with van der Waals surface area (Å²) in [5.41, 5.74) is 2.05. The molecule has 0 radical (unpaired) electrons. The van der Waals surface area contributed by atoms with Gasteiger partial charge in [0.05, 0.1) is 17.1 Å². The van der Waals surface area contributed by atoms with Crippen molar-refractivity contribution in [2.24, 2.45) is 0 Å². The van der Waals surface area contributed by atoms with E-state index in [1.54, 1.807) is 23.5 Å². The SMILES string of the molecule is Cc1ccc(C(=O)NC2CCN(C(=O)Cc3csc(Cc4ccccc4)n3)CC2)o1. The maximum absolute atomic E-state index is 12.7. The van der Waals surface area contributed by atoms with E-state index in [-0.39, 0.29) is 17.9 Å². The molecule has 2 amide bonds. The largest absolute Gasteiger partial charge is 0.456 e. The summed E-state index contributed by atoms with van der Waals surface area (Å²) in [5.74, 6) is 0.953. The number of aryl methyl sites for hydroxylation is 1. The normalized spacial score (nSPS) is 14.6. The van der Waals surface area contributed by atoms with Crippen LogP contribution in [0.15, 0.2) is 52.3 Å². The lowest BCUT2D eigenvalue weighted by atomic mass is 10.0. The van der Waals surface area contributed by atoms with Gasteiger partial charge in [-0.05, 0) is 37.5 Å². The minimum Gasteiger partial charge on any atom is -0.456 e. The van der Waals surface area contributed by atoms with Gasteiger partial charge in [0.15, 0.2) is 5.76 Å². The highest BCUT2D eigenvalue weighted by atomic mass is 32.1. The molecule has 7 heteroatoms. The minimum absolute atomic E-state index is 0.0590. The number of hydrogen-bond donors (Lipinski definition) is 1. The summed E-state index contributed by atoms with van der Waals surface area (Å²) >= 11 is 1.60. The lowest BCUT2D eigenvalue weighted by Gasteiger charge is -2.32. The Labute approximate surface area is 179 Å². The summed E-state index contributed by atoms with van der Waals surface area (Å²) in [6.45, 7) is 3.10. The number of nitrogens with one attached hydrogen (secondary N) is 1. The molecule has 0 saturated carbocycles. The highest BCUT2D eigenvalue weighted by Crippen LogP contribution is 2.17. The average molecular weight is 424 g/mol. The van der Waals surface area contributed by atoms with Crippen LogP contribution >= 0.6 is 11.3 Å². The molecule has 0 bridgehead atoms. The molecule has 0 aliphatic carbocycles. The van der Waals surface area contributed by atoms with Crippen molar-refractivity contribution in [2.75, 3.05) is 13.1 Å². The molecule has 1 saturated heterocycles. The van der Waals surface area contributed by atoms with Crippen LogP contribution in [0.1, 0.15) is 45.4 Å². The van der Waals surface area contributed by atoms with E-state index in [0.29, 0.717) is 25.3 Å². The van der Waals surface area contributed by atoms with E-state index in [1.807, 2.05) is 35.4 Å². The predicted molar refractivity (Wildman–Crippen MR) is 116 cm³/mol. The van der Waals surface area contributed by atoms with Crippen LogP contribution in [0.2, 0.25) is 0 Å². The standard InChI is InChI=1S/C23H25N3O3S/c1-16-7-8-20(29-16)23(28)25-18-9-11-26(12-10-18)22(27)14-19-15-30-21(24-19)13-17-5-3-2-4-6-17/h2-8,15,18H,9-14H2,1H3,(H,25,28). The molecule has 1 aromatic carbocycles. The smallest absolute Gasteiger partial charge is 0.287 e. The summed E-state index contributed by atoms with van der Waals surface area (Å²) in [4.78, 5) is 31.4. The first kappa shape index (κ1) is 20.3.